The molecular weight excluding hydrogens is 405 g/mol. The molecule has 1 unspecified atom stereocenters. The Labute approximate surface area is 187 Å². The molecule has 0 N–H and O–H groups in total. The van der Waals surface area contributed by atoms with Crippen LogP contribution in [0.15, 0.2) is 54.5 Å². The standard InChI is InChI=1S/C26H26FN3O2/c1-17-15-29(16-28-17)24-8-5-18(11-25(24)32-2)10-20-4-3-9-30(26(20)31)23-13-19-6-7-22(27)12-21(19)14-23/h5-8,10-12,15-16,23H,3-4,9,13-14H2,1-2H3. The highest BCUT2D eigenvalue weighted by Gasteiger charge is 2.33. The van der Waals surface area contributed by atoms with E-state index in [4.69, 9.17) is 4.74 Å². The first-order valence-electron chi connectivity index (χ1n) is 11.0. The summed E-state index contributed by atoms with van der Waals surface area (Å²) in [6.07, 6.45) is 8.89. The molecule has 0 bridgehead atoms. The van der Waals surface area contributed by atoms with Crippen molar-refractivity contribution in [2.75, 3.05) is 13.7 Å². The van der Waals surface area contributed by atoms with Gasteiger partial charge in [-0.25, -0.2) is 9.37 Å². The van der Waals surface area contributed by atoms with E-state index in [-0.39, 0.29) is 17.8 Å². The number of methoxy groups -OCH3 is 1. The first-order chi connectivity index (χ1) is 15.5. The zero-order valence-electron chi connectivity index (χ0n) is 18.3. The van der Waals surface area contributed by atoms with Crippen molar-refractivity contribution in [2.45, 2.75) is 38.6 Å². The van der Waals surface area contributed by atoms with Crippen LogP contribution in [-0.4, -0.2) is 40.1 Å². The van der Waals surface area contributed by atoms with Gasteiger partial charge >= 0.3 is 0 Å². The number of amides is 1. The maximum absolute atomic E-state index is 13.6. The van der Waals surface area contributed by atoms with Gasteiger partial charge in [0.15, 0.2) is 0 Å². The number of nitrogens with zero attached hydrogens (tertiary/aromatic N) is 3. The molecule has 3 aromatic rings. The quantitative estimate of drug-likeness (QED) is 0.572. The second kappa shape index (κ2) is 8.26. The van der Waals surface area contributed by atoms with Gasteiger partial charge in [-0.1, -0.05) is 12.1 Å². The van der Waals surface area contributed by atoms with Crippen LogP contribution in [0.3, 0.4) is 0 Å². The van der Waals surface area contributed by atoms with Gasteiger partial charge in [-0.05, 0) is 79.6 Å². The number of rotatable bonds is 4. The maximum atomic E-state index is 13.6. The molecule has 1 aliphatic carbocycles. The van der Waals surface area contributed by atoms with Gasteiger partial charge in [0.05, 0.1) is 24.8 Å². The molecule has 1 amide bonds. The van der Waals surface area contributed by atoms with Crippen molar-refractivity contribution in [3.8, 4) is 11.4 Å². The topological polar surface area (TPSA) is 47.4 Å². The molecule has 5 rings (SSSR count). The van der Waals surface area contributed by atoms with Crippen LogP contribution in [0.4, 0.5) is 4.39 Å². The minimum atomic E-state index is -0.210. The Hall–Kier alpha value is -3.41. The van der Waals surface area contributed by atoms with E-state index in [1.807, 2.05) is 52.9 Å². The van der Waals surface area contributed by atoms with Crippen molar-refractivity contribution in [1.29, 1.82) is 0 Å². The smallest absolute Gasteiger partial charge is 0.250 e. The van der Waals surface area contributed by atoms with Crippen LogP contribution in [0.5, 0.6) is 5.75 Å². The minimum Gasteiger partial charge on any atom is -0.495 e. The zero-order valence-corrected chi connectivity index (χ0v) is 18.3. The summed E-state index contributed by atoms with van der Waals surface area (Å²) in [4.78, 5) is 19.6. The third-order valence-corrected chi connectivity index (χ3v) is 6.44. The number of aryl methyl sites for hydroxylation is 1. The van der Waals surface area contributed by atoms with Crippen molar-refractivity contribution >= 4 is 12.0 Å². The number of carbonyl (C=O) groups is 1. The summed E-state index contributed by atoms with van der Waals surface area (Å²) in [5.41, 5.74) is 5.76. The fourth-order valence-corrected chi connectivity index (χ4v) is 4.85. The van der Waals surface area contributed by atoms with E-state index in [2.05, 4.69) is 4.98 Å². The van der Waals surface area contributed by atoms with Crippen LogP contribution < -0.4 is 4.74 Å². The summed E-state index contributed by atoms with van der Waals surface area (Å²) in [5, 5.41) is 0. The lowest BCUT2D eigenvalue weighted by Gasteiger charge is -2.33. The Kier molecular flexibility index (Phi) is 5.29. The minimum absolute atomic E-state index is 0.0859. The molecule has 32 heavy (non-hydrogen) atoms. The number of fused-ring (bicyclic) bond motifs is 1. The molecule has 1 aromatic heterocycles. The zero-order chi connectivity index (χ0) is 22.2. The van der Waals surface area contributed by atoms with Crippen LogP contribution in [0, 0.1) is 12.7 Å². The van der Waals surface area contributed by atoms with E-state index in [0.717, 1.165) is 71.6 Å². The molecule has 1 aliphatic heterocycles. The Morgan fingerprint density at radius 3 is 2.78 bits per heavy atom. The summed E-state index contributed by atoms with van der Waals surface area (Å²) in [5.74, 6) is 0.603. The van der Waals surface area contributed by atoms with Crippen molar-refractivity contribution < 1.29 is 13.9 Å². The number of benzene rings is 2. The number of ether oxygens (including phenoxy) is 1. The molecule has 0 saturated carbocycles. The summed E-state index contributed by atoms with van der Waals surface area (Å²) >= 11 is 0. The highest BCUT2D eigenvalue weighted by atomic mass is 19.1. The summed E-state index contributed by atoms with van der Waals surface area (Å²) in [7, 11) is 1.65. The summed E-state index contributed by atoms with van der Waals surface area (Å²) in [6, 6.07) is 11.0. The summed E-state index contributed by atoms with van der Waals surface area (Å²) in [6.45, 7) is 2.70. The van der Waals surface area contributed by atoms with Gasteiger partial charge < -0.3 is 14.2 Å². The largest absolute Gasteiger partial charge is 0.495 e. The molecule has 1 saturated heterocycles. The highest BCUT2D eigenvalue weighted by Crippen LogP contribution is 2.31. The molecule has 6 heteroatoms. The second-order valence-corrected chi connectivity index (χ2v) is 8.60. The normalized spacial score (nSPS) is 19.5. The van der Waals surface area contributed by atoms with Gasteiger partial charge in [0.1, 0.15) is 11.6 Å². The molecular formula is C26H26FN3O2. The first-order valence-corrected chi connectivity index (χ1v) is 11.0. The molecule has 2 aromatic carbocycles. The Bertz CT molecular complexity index is 1210. The molecule has 2 heterocycles. The van der Waals surface area contributed by atoms with Gasteiger partial charge in [-0.15, -0.1) is 0 Å². The lowest BCUT2D eigenvalue weighted by atomic mass is 9.98. The first kappa shape index (κ1) is 20.5. The van der Waals surface area contributed by atoms with Crippen molar-refractivity contribution in [3.63, 3.8) is 0 Å². The lowest BCUT2D eigenvalue weighted by molar-refractivity contribution is -0.130. The Morgan fingerprint density at radius 1 is 1.16 bits per heavy atom. The summed E-state index contributed by atoms with van der Waals surface area (Å²) < 4.78 is 21.1. The number of piperidine rings is 1. The molecule has 2 aliphatic rings. The average Bonchev–Trinajstić information content (AvgIpc) is 3.40. The second-order valence-electron chi connectivity index (χ2n) is 8.60. The van der Waals surface area contributed by atoms with Gasteiger partial charge in [-0.3, -0.25) is 4.79 Å². The van der Waals surface area contributed by atoms with Crippen molar-refractivity contribution in [2.24, 2.45) is 0 Å². The van der Waals surface area contributed by atoms with Crippen molar-refractivity contribution in [3.05, 3.63) is 82.7 Å². The van der Waals surface area contributed by atoms with E-state index in [1.54, 1.807) is 19.5 Å². The van der Waals surface area contributed by atoms with Gasteiger partial charge in [0, 0.05) is 24.4 Å². The molecule has 1 fully saturated rings. The van der Waals surface area contributed by atoms with Gasteiger partial charge in [0.2, 0.25) is 5.91 Å². The van der Waals surface area contributed by atoms with Crippen LogP contribution in [-0.2, 0) is 17.6 Å². The SMILES string of the molecule is COc1cc(C=C2CCCN(C3Cc4ccc(F)cc4C3)C2=O)ccc1-n1cnc(C)c1. The lowest BCUT2D eigenvalue weighted by Crippen LogP contribution is -2.44. The molecule has 0 radical (unpaired) electrons. The predicted molar refractivity (Wildman–Crippen MR) is 121 cm³/mol. The van der Waals surface area contributed by atoms with Crippen molar-refractivity contribution in [1.82, 2.24) is 14.5 Å². The number of imidazole rings is 1. The van der Waals surface area contributed by atoms with Gasteiger partial charge in [0.25, 0.3) is 0 Å². The fraction of sp³-hybridized carbons (Fsp3) is 0.308. The predicted octanol–water partition coefficient (Wildman–Crippen LogP) is 4.50. The highest BCUT2D eigenvalue weighted by molar-refractivity contribution is 5.98. The Morgan fingerprint density at radius 2 is 2.00 bits per heavy atom. The molecule has 164 valence electrons. The number of hydrogen-bond acceptors (Lipinski definition) is 3. The molecule has 1 atom stereocenters. The third kappa shape index (κ3) is 3.81. The van der Waals surface area contributed by atoms with Crippen LogP contribution in [0.1, 0.15) is 35.2 Å². The molecule has 0 spiro atoms. The van der Waals surface area contributed by atoms with Gasteiger partial charge in [-0.2, -0.15) is 0 Å². The number of carbonyl (C=O) groups excluding carboxylic acids is 1. The fourth-order valence-electron chi connectivity index (χ4n) is 4.85. The van der Waals surface area contributed by atoms with Crippen LogP contribution >= 0.6 is 0 Å². The Balaban J connectivity index is 1.38. The van der Waals surface area contributed by atoms with E-state index in [0.29, 0.717) is 0 Å². The van der Waals surface area contributed by atoms with E-state index < -0.39 is 0 Å². The number of hydrogen-bond donors (Lipinski definition) is 0. The number of halogens is 1. The third-order valence-electron chi connectivity index (χ3n) is 6.44. The molecule has 5 nitrogen and oxygen atoms in total. The van der Waals surface area contributed by atoms with E-state index in [9.17, 15) is 9.18 Å². The van der Waals surface area contributed by atoms with E-state index in [1.165, 1.54) is 6.07 Å². The van der Waals surface area contributed by atoms with E-state index >= 15 is 0 Å². The average molecular weight is 432 g/mol. The number of likely N-dealkylation sites (tertiary alicyclic amines) is 1. The number of aromatic nitrogens is 2. The van der Waals surface area contributed by atoms with Crippen LogP contribution in [0.25, 0.3) is 11.8 Å². The monoisotopic (exact) mass is 431 g/mol. The maximum Gasteiger partial charge on any atom is 0.250 e. The van der Waals surface area contributed by atoms with Crippen LogP contribution in [0.2, 0.25) is 0 Å².